The van der Waals surface area contributed by atoms with E-state index in [2.05, 4.69) is 0 Å². The zero-order chi connectivity index (χ0) is 17.7. The van der Waals surface area contributed by atoms with E-state index in [0.717, 1.165) is 23.3 Å². The summed E-state index contributed by atoms with van der Waals surface area (Å²) in [7, 11) is 0. The molecule has 0 saturated heterocycles. The van der Waals surface area contributed by atoms with Crippen molar-refractivity contribution in [1.82, 2.24) is 4.90 Å². The molecule has 2 aromatic carbocycles. The number of hydrogen-bond acceptors (Lipinski definition) is 3. The van der Waals surface area contributed by atoms with Crippen LogP contribution in [0, 0.1) is 0 Å². The Balaban J connectivity index is 1.66. The normalized spacial score (nSPS) is 13.8. The lowest BCUT2D eigenvalue weighted by Crippen LogP contribution is -2.25. The van der Waals surface area contributed by atoms with Gasteiger partial charge in [0.1, 0.15) is 6.26 Å². The zero-order valence-corrected chi connectivity index (χ0v) is 13.5. The van der Waals surface area contributed by atoms with Crippen LogP contribution in [0.5, 0.6) is 0 Å². The van der Waals surface area contributed by atoms with Gasteiger partial charge in [-0.15, -0.1) is 0 Å². The largest absolute Gasteiger partial charge is 0.459 e. The van der Waals surface area contributed by atoms with Gasteiger partial charge in [0.15, 0.2) is 0 Å². The molecule has 0 saturated carbocycles. The summed E-state index contributed by atoms with van der Waals surface area (Å²) in [6.45, 7) is 1.42. The molecule has 1 aliphatic heterocycles. The molecule has 3 rings (SSSR count). The van der Waals surface area contributed by atoms with Gasteiger partial charge in [0.05, 0.1) is 5.56 Å². The molecule has 0 aliphatic carbocycles. The minimum absolute atomic E-state index is 0.181. The van der Waals surface area contributed by atoms with Crippen LogP contribution in [0.4, 0.5) is 13.2 Å². The van der Waals surface area contributed by atoms with Crippen LogP contribution in [0.1, 0.15) is 16.7 Å². The average Bonchev–Trinajstić information content (AvgIpc) is 3.13. The first kappa shape index (κ1) is 17.2. The Kier molecular flexibility index (Phi) is 5.16. The third kappa shape index (κ3) is 4.68. The molecule has 6 heteroatoms. The Labute approximate surface area is 144 Å². The molecule has 0 bridgehead atoms. The Morgan fingerprint density at radius 1 is 0.920 bits per heavy atom. The highest BCUT2D eigenvalue weighted by Crippen LogP contribution is 2.29. The third-order valence-corrected chi connectivity index (χ3v) is 3.94. The lowest BCUT2D eigenvalue weighted by Gasteiger charge is -2.24. The minimum atomic E-state index is -4.31. The van der Waals surface area contributed by atoms with Gasteiger partial charge in [-0.05, 0) is 29.7 Å². The van der Waals surface area contributed by atoms with Gasteiger partial charge >= 0.3 is 6.18 Å². The summed E-state index contributed by atoms with van der Waals surface area (Å²) in [5.41, 5.74) is 1.32. The monoisotopic (exact) mass is 349 g/mol. The lowest BCUT2D eigenvalue weighted by atomic mass is 10.1. The molecule has 0 atom stereocenters. The van der Waals surface area contributed by atoms with Crippen molar-refractivity contribution in [3.8, 4) is 0 Å². The smallest absolute Gasteiger partial charge is 0.416 e. The molecule has 1 heterocycles. The molecule has 0 aromatic heterocycles. The van der Waals surface area contributed by atoms with Gasteiger partial charge < -0.3 is 14.4 Å². The summed E-state index contributed by atoms with van der Waals surface area (Å²) in [5, 5.41) is 0. The molecule has 2 aromatic rings. The second kappa shape index (κ2) is 7.51. The van der Waals surface area contributed by atoms with Gasteiger partial charge in [-0.2, -0.15) is 13.2 Å². The molecule has 25 heavy (non-hydrogen) atoms. The van der Waals surface area contributed by atoms with Gasteiger partial charge in [-0.1, -0.05) is 42.5 Å². The fourth-order valence-electron chi connectivity index (χ4n) is 2.59. The maximum Gasteiger partial charge on any atom is 0.416 e. The van der Waals surface area contributed by atoms with Crippen molar-refractivity contribution in [2.24, 2.45) is 0 Å². The first-order valence-electron chi connectivity index (χ1n) is 7.92. The van der Waals surface area contributed by atoms with E-state index in [9.17, 15) is 13.2 Å². The van der Waals surface area contributed by atoms with Gasteiger partial charge in [0.2, 0.25) is 12.7 Å². The molecule has 0 unspecified atom stereocenters. The molecular formula is C19H18F3NO2. The SMILES string of the molecule is FC(F)(F)c1ccc(CCN(Cc2ccccc2)C2=COCO2)cc1. The maximum atomic E-state index is 12.6. The highest BCUT2D eigenvalue weighted by molar-refractivity contribution is 5.25. The number of rotatable bonds is 6. The van der Waals surface area contributed by atoms with Crippen molar-refractivity contribution in [1.29, 1.82) is 0 Å². The number of nitrogens with zero attached hydrogens (tertiary/aromatic N) is 1. The maximum absolute atomic E-state index is 12.6. The lowest BCUT2D eigenvalue weighted by molar-refractivity contribution is -0.137. The molecular weight excluding hydrogens is 331 g/mol. The zero-order valence-electron chi connectivity index (χ0n) is 13.5. The van der Waals surface area contributed by atoms with Crippen molar-refractivity contribution in [2.75, 3.05) is 13.3 Å². The second-order valence-electron chi connectivity index (χ2n) is 5.74. The molecule has 132 valence electrons. The number of alkyl halides is 3. The number of hydrogen-bond donors (Lipinski definition) is 0. The molecule has 0 amide bonds. The Bertz CT molecular complexity index is 712. The summed E-state index contributed by atoms with van der Waals surface area (Å²) in [5.74, 6) is 0.635. The standard InChI is InChI=1S/C19H18F3NO2/c20-19(21,22)17-8-6-15(7-9-17)10-11-23(18-13-24-14-25-18)12-16-4-2-1-3-5-16/h1-9,13H,10-12,14H2. The predicted molar refractivity (Wildman–Crippen MR) is 87.1 cm³/mol. The highest BCUT2D eigenvalue weighted by atomic mass is 19.4. The Hall–Kier alpha value is -2.63. The molecule has 0 N–H and O–H groups in total. The summed E-state index contributed by atoms with van der Waals surface area (Å²) < 4.78 is 48.5. The van der Waals surface area contributed by atoms with Crippen LogP contribution in [0.3, 0.4) is 0 Å². The quantitative estimate of drug-likeness (QED) is 0.763. The van der Waals surface area contributed by atoms with E-state index < -0.39 is 11.7 Å². The molecule has 0 radical (unpaired) electrons. The van der Waals surface area contributed by atoms with Crippen LogP contribution in [0.15, 0.2) is 66.7 Å². The summed E-state index contributed by atoms with van der Waals surface area (Å²) >= 11 is 0. The van der Waals surface area contributed by atoms with E-state index in [1.807, 2.05) is 35.2 Å². The predicted octanol–water partition coefficient (Wildman–Crippen LogP) is 4.55. The fraction of sp³-hybridized carbons (Fsp3) is 0.263. The molecule has 3 nitrogen and oxygen atoms in total. The first-order chi connectivity index (χ1) is 12.0. The Morgan fingerprint density at radius 3 is 2.24 bits per heavy atom. The van der Waals surface area contributed by atoms with E-state index in [-0.39, 0.29) is 6.79 Å². The summed E-state index contributed by atoms with van der Waals surface area (Å²) in [6, 6.07) is 15.2. The van der Waals surface area contributed by atoms with Gasteiger partial charge in [0, 0.05) is 13.1 Å². The topological polar surface area (TPSA) is 21.7 Å². The highest BCUT2D eigenvalue weighted by Gasteiger charge is 2.29. The van der Waals surface area contributed by atoms with Crippen molar-refractivity contribution in [3.63, 3.8) is 0 Å². The average molecular weight is 349 g/mol. The number of halogens is 3. The third-order valence-electron chi connectivity index (χ3n) is 3.94. The first-order valence-corrected chi connectivity index (χ1v) is 7.92. The van der Waals surface area contributed by atoms with Gasteiger partial charge in [-0.25, -0.2) is 0 Å². The van der Waals surface area contributed by atoms with Gasteiger partial charge in [0.25, 0.3) is 0 Å². The van der Waals surface area contributed by atoms with Crippen molar-refractivity contribution < 1.29 is 22.6 Å². The van der Waals surface area contributed by atoms with E-state index in [1.165, 1.54) is 12.1 Å². The molecule has 0 spiro atoms. The van der Waals surface area contributed by atoms with Crippen molar-refractivity contribution >= 4 is 0 Å². The second-order valence-corrected chi connectivity index (χ2v) is 5.74. The van der Waals surface area contributed by atoms with Crippen LogP contribution in [0.25, 0.3) is 0 Å². The van der Waals surface area contributed by atoms with Crippen LogP contribution in [-0.2, 0) is 28.6 Å². The minimum Gasteiger partial charge on any atom is -0.459 e. The van der Waals surface area contributed by atoms with Crippen LogP contribution in [0.2, 0.25) is 0 Å². The molecule has 0 fully saturated rings. The van der Waals surface area contributed by atoms with Crippen molar-refractivity contribution in [2.45, 2.75) is 19.1 Å². The summed E-state index contributed by atoms with van der Waals surface area (Å²) in [4.78, 5) is 2.01. The van der Waals surface area contributed by atoms with E-state index >= 15 is 0 Å². The van der Waals surface area contributed by atoms with E-state index in [4.69, 9.17) is 9.47 Å². The van der Waals surface area contributed by atoms with Crippen LogP contribution < -0.4 is 0 Å². The van der Waals surface area contributed by atoms with Crippen LogP contribution >= 0.6 is 0 Å². The fourth-order valence-corrected chi connectivity index (χ4v) is 2.59. The number of benzene rings is 2. The van der Waals surface area contributed by atoms with Crippen LogP contribution in [-0.4, -0.2) is 18.2 Å². The van der Waals surface area contributed by atoms with Gasteiger partial charge in [-0.3, -0.25) is 0 Å². The van der Waals surface area contributed by atoms with Crippen molar-refractivity contribution in [3.05, 3.63) is 83.4 Å². The summed E-state index contributed by atoms with van der Waals surface area (Å²) in [6.07, 6.45) is -2.14. The molecule has 1 aliphatic rings. The van der Waals surface area contributed by atoms with E-state index in [1.54, 1.807) is 6.26 Å². The van der Waals surface area contributed by atoms with E-state index in [0.29, 0.717) is 25.4 Å². The Morgan fingerprint density at radius 2 is 1.64 bits per heavy atom. The number of ether oxygens (including phenoxy) is 2.